The van der Waals surface area contributed by atoms with Crippen molar-refractivity contribution in [3.05, 3.63) is 29.6 Å². The maximum absolute atomic E-state index is 12.3. The summed E-state index contributed by atoms with van der Waals surface area (Å²) in [5.41, 5.74) is -0.253. The Morgan fingerprint density at radius 3 is 2.60 bits per heavy atom. The van der Waals surface area contributed by atoms with Gasteiger partial charge in [-0.2, -0.15) is 13.2 Å². The molecule has 0 radical (unpaired) electrons. The molecule has 0 bridgehead atoms. The van der Waals surface area contributed by atoms with Gasteiger partial charge in [-0.05, 0) is 12.1 Å². The molecule has 1 aromatic rings. The van der Waals surface area contributed by atoms with Crippen LogP contribution in [0, 0.1) is 0 Å². The van der Waals surface area contributed by atoms with Crippen molar-refractivity contribution in [2.75, 3.05) is 0 Å². The highest BCUT2D eigenvalue weighted by Gasteiger charge is 2.30. The zero-order valence-electron chi connectivity index (χ0n) is 8.60. The summed E-state index contributed by atoms with van der Waals surface area (Å²) >= 11 is 0. The van der Waals surface area contributed by atoms with E-state index in [1.165, 1.54) is 6.20 Å². The highest BCUT2D eigenvalue weighted by atomic mass is 19.4. The van der Waals surface area contributed by atoms with E-state index in [1.807, 2.05) is 13.8 Å². The van der Waals surface area contributed by atoms with E-state index in [1.54, 1.807) is 0 Å². The second-order valence-corrected chi connectivity index (χ2v) is 3.57. The smallest absolute Gasteiger partial charge is 0.309 e. The lowest BCUT2D eigenvalue weighted by atomic mass is 10.2. The summed E-state index contributed by atoms with van der Waals surface area (Å²) < 4.78 is 37.0. The van der Waals surface area contributed by atoms with Crippen LogP contribution in [0.4, 0.5) is 13.2 Å². The second kappa shape index (κ2) is 4.61. The quantitative estimate of drug-likeness (QED) is 0.843. The summed E-state index contributed by atoms with van der Waals surface area (Å²) in [6.07, 6.45) is -3.12. The minimum Gasteiger partial charge on any atom is -0.309 e. The van der Waals surface area contributed by atoms with E-state index in [0.29, 0.717) is 12.2 Å². The summed E-state index contributed by atoms with van der Waals surface area (Å²) in [7, 11) is 0. The van der Waals surface area contributed by atoms with E-state index >= 15 is 0 Å². The number of hydrogen-bond donors (Lipinski definition) is 1. The number of alkyl halides is 3. The number of rotatable bonds is 3. The van der Waals surface area contributed by atoms with Crippen LogP contribution >= 0.6 is 0 Å². The number of pyridine rings is 1. The number of halogens is 3. The molecule has 0 amide bonds. The SMILES string of the molecule is CC(C)NCc1cc(C(F)(F)F)ccn1. The van der Waals surface area contributed by atoms with Crippen LogP contribution in [-0.2, 0) is 12.7 Å². The molecule has 0 fully saturated rings. The third kappa shape index (κ3) is 3.87. The summed E-state index contributed by atoms with van der Waals surface area (Å²) in [5, 5.41) is 3.01. The van der Waals surface area contributed by atoms with E-state index in [0.717, 1.165) is 12.1 Å². The van der Waals surface area contributed by atoms with Gasteiger partial charge in [-0.15, -0.1) is 0 Å². The Kier molecular flexibility index (Phi) is 3.68. The van der Waals surface area contributed by atoms with Crippen molar-refractivity contribution >= 4 is 0 Å². The van der Waals surface area contributed by atoms with Gasteiger partial charge in [0.25, 0.3) is 0 Å². The molecular formula is C10H13F3N2. The van der Waals surface area contributed by atoms with Crippen LogP contribution in [0.1, 0.15) is 25.1 Å². The predicted molar refractivity (Wildman–Crippen MR) is 51.2 cm³/mol. The number of aromatic nitrogens is 1. The van der Waals surface area contributed by atoms with Gasteiger partial charge >= 0.3 is 6.18 Å². The van der Waals surface area contributed by atoms with Crippen LogP contribution in [0.3, 0.4) is 0 Å². The average Bonchev–Trinajstić information content (AvgIpc) is 2.14. The molecule has 5 heteroatoms. The van der Waals surface area contributed by atoms with E-state index in [9.17, 15) is 13.2 Å². The fraction of sp³-hybridized carbons (Fsp3) is 0.500. The average molecular weight is 218 g/mol. The van der Waals surface area contributed by atoms with Gasteiger partial charge in [0, 0.05) is 18.8 Å². The molecule has 0 aliphatic heterocycles. The molecule has 0 aromatic carbocycles. The van der Waals surface area contributed by atoms with E-state index in [2.05, 4.69) is 10.3 Å². The van der Waals surface area contributed by atoms with Crippen LogP contribution < -0.4 is 5.32 Å². The van der Waals surface area contributed by atoms with E-state index < -0.39 is 11.7 Å². The van der Waals surface area contributed by atoms with Gasteiger partial charge in [-0.3, -0.25) is 4.98 Å². The maximum atomic E-state index is 12.3. The highest BCUT2D eigenvalue weighted by molar-refractivity contribution is 5.19. The summed E-state index contributed by atoms with van der Waals surface area (Å²) in [5.74, 6) is 0. The number of nitrogens with zero attached hydrogens (tertiary/aromatic N) is 1. The van der Waals surface area contributed by atoms with Crippen molar-refractivity contribution in [2.24, 2.45) is 0 Å². The molecule has 0 aliphatic rings. The van der Waals surface area contributed by atoms with Crippen molar-refractivity contribution in [1.29, 1.82) is 0 Å². The number of nitrogens with one attached hydrogen (secondary N) is 1. The maximum Gasteiger partial charge on any atom is 0.416 e. The van der Waals surface area contributed by atoms with E-state index in [-0.39, 0.29) is 6.04 Å². The van der Waals surface area contributed by atoms with Gasteiger partial charge in [-0.1, -0.05) is 13.8 Å². The Hall–Kier alpha value is -1.10. The van der Waals surface area contributed by atoms with Crippen molar-refractivity contribution in [2.45, 2.75) is 32.6 Å². The third-order valence-corrected chi connectivity index (χ3v) is 1.84. The topological polar surface area (TPSA) is 24.9 Å². The van der Waals surface area contributed by atoms with Crippen molar-refractivity contribution in [3.8, 4) is 0 Å². The standard InChI is InChI=1S/C10H13F3N2/c1-7(2)15-6-9-5-8(3-4-14-9)10(11,12)13/h3-5,7,15H,6H2,1-2H3. The third-order valence-electron chi connectivity index (χ3n) is 1.84. The Balaban J connectivity index is 2.75. The van der Waals surface area contributed by atoms with Crippen molar-refractivity contribution in [3.63, 3.8) is 0 Å². The lowest BCUT2D eigenvalue weighted by Gasteiger charge is -2.10. The fourth-order valence-corrected chi connectivity index (χ4v) is 1.06. The first-order valence-corrected chi connectivity index (χ1v) is 4.65. The zero-order chi connectivity index (χ0) is 11.5. The minimum absolute atomic E-state index is 0.223. The molecule has 0 spiro atoms. The normalized spacial score (nSPS) is 12.1. The molecule has 0 aliphatic carbocycles. The largest absolute Gasteiger partial charge is 0.416 e. The highest BCUT2D eigenvalue weighted by Crippen LogP contribution is 2.28. The molecule has 1 rings (SSSR count). The van der Waals surface area contributed by atoms with Crippen molar-refractivity contribution < 1.29 is 13.2 Å². The summed E-state index contributed by atoms with van der Waals surface area (Å²) in [4.78, 5) is 3.86. The van der Waals surface area contributed by atoms with Crippen LogP contribution in [0.25, 0.3) is 0 Å². The molecule has 0 unspecified atom stereocenters. The fourth-order valence-electron chi connectivity index (χ4n) is 1.06. The van der Waals surface area contributed by atoms with Crippen LogP contribution in [-0.4, -0.2) is 11.0 Å². The van der Waals surface area contributed by atoms with Gasteiger partial charge in [-0.25, -0.2) is 0 Å². The van der Waals surface area contributed by atoms with Crippen LogP contribution in [0.15, 0.2) is 18.3 Å². The molecule has 0 atom stereocenters. The first kappa shape index (κ1) is 12.0. The lowest BCUT2D eigenvalue weighted by molar-refractivity contribution is -0.137. The Bertz CT molecular complexity index is 321. The summed E-state index contributed by atoms with van der Waals surface area (Å²) in [6, 6.07) is 2.26. The first-order valence-electron chi connectivity index (χ1n) is 4.65. The zero-order valence-corrected chi connectivity index (χ0v) is 8.60. The Labute approximate surface area is 86.5 Å². The molecule has 1 N–H and O–H groups in total. The summed E-state index contributed by atoms with van der Waals surface area (Å²) in [6.45, 7) is 4.20. The van der Waals surface area contributed by atoms with Gasteiger partial charge in [0.1, 0.15) is 0 Å². The molecule has 2 nitrogen and oxygen atoms in total. The minimum atomic E-state index is -4.30. The molecule has 0 saturated heterocycles. The molecule has 1 aromatic heterocycles. The predicted octanol–water partition coefficient (Wildman–Crippen LogP) is 2.60. The van der Waals surface area contributed by atoms with Gasteiger partial charge in [0.2, 0.25) is 0 Å². The number of hydrogen-bond acceptors (Lipinski definition) is 2. The molecule has 1 heterocycles. The van der Waals surface area contributed by atoms with Crippen LogP contribution in [0.5, 0.6) is 0 Å². The van der Waals surface area contributed by atoms with Gasteiger partial charge < -0.3 is 5.32 Å². The molecule has 84 valence electrons. The van der Waals surface area contributed by atoms with Crippen molar-refractivity contribution in [1.82, 2.24) is 10.3 Å². The Morgan fingerprint density at radius 1 is 1.40 bits per heavy atom. The molecular weight excluding hydrogens is 205 g/mol. The Morgan fingerprint density at radius 2 is 2.07 bits per heavy atom. The van der Waals surface area contributed by atoms with Gasteiger partial charge in [0.05, 0.1) is 11.3 Å². The lowest BCUT2D eigenvalue weighted by Crippen LogP contribution is -2.22. The molecule has 15 heavy (non-hydrogen) atoms. The van der Waals surface area contributed by atoms with Gasteiger partial charge in [0.15, 0.2) is 0 Å². The van der Waals surface area contributed by atoms with E-state index in [4.69, 9.17) is 0 Å². The van der Waals surface area contributed by atoms with Crippen LogP contribution in [0.2, 0.25) is 0 Å². The first-order chi connectivity index (χ1) is 6.89. The monoisotopic (exact) mass is 218 g/mol. The molecule has 0 saturated carbocycles. The second-order valence-electron chi connectivity index (χ2n) is 3.57.